The smallest absolute Gasteiger partial charge is 0.292 e. The van der Waals surface area contributed by atoms with Gasteiger partial charge in [0, 0.05) is 30.0 Å². The number of hydrazone groups is 1. The number of aromatic amines is 1. The van der Waals surface area contributed by atoms with E-state index in [4.69, 9.17) is 0 Å². The highest BCUT2D eigenvalue weighted by Crippen LogP contribution is 2.22. The number of rotatable bonds is 6. The van der Waals surface area contributed by atoms with Crippen LogP contribution in [0, 0.1) is 0 Å². The van der Waals surface area contributed by atoms with Gasteiger partial charge < -0.3 is 4.90 Å². The van der Waals surface area contributed by atoms with Crippen LogP contribution in [-0.4, -0.2) is 35.4 Å². The number of aryl methyl sites for hydroxylation is 1. The second-order valence-electron chi connectivity index (χ2n) is 5.85. The third kappa shape index (κ3) is 3.32. The predicted molar refractivity (Wildman–Crippen MR) is 95.7 cm³/mol. The molecule has 6 nitrogen and oxygen atoms in total. The molecule has 2 N–H and O–H groups in total. The average Bonchev–Trinajstić information content (AvgIpc) is 3.20. The average molecular weight is 325 g/mol. The molecule has 2 aromatic rings. The van der Waals surface area contributed by atoms with E-state index in [1.807, 2.05) is 12.1 Å². The van der Waals surface area contributed by atoms with Gasteiger partial charge in [0.2, 0.25) is 0 Å². The number of hydrogen-bond donors (Lipinski definition) is 2. The molecule has 1 aliphatic carbocycles. The van der Waals surface area contributed by atoms with E-state index in [1.54, 1.807) is 6.21 Å². The van der Waals surface area contributed by atoms with Gasteiger partial charge >= 0.3 is 0 Å². The van der Waals surface area contributed by atoms with Crippen LogP contribution in [-0.2, 0) is 12.8 Å². The fourth-order valence-corrected chi connectivity index (χ4v) is 3.09. The van der Waals surface area contributed by atoms with E-state index < -0.39 is 0 Å². The lowest BCUT2D eigenvalue weighted by Gasteiger charge is -2.20. The number of carbonyl (C=O) groups excluding carboxylic acids is 1. The summed E-state index contributed by atoms with van der Waals surface area (Å²) in [5.41, 5.74) is 7.27. The van der Waals surface area contributed by atoms with Gasteiger partial charge in [-0.15, -0.1) is 0 Å². The van der Waals surface area contributed by atoms with Gasteiger partial charge in [-0.05, 0) is 50.8 Å². The van der Waals surface area contributed by atoms with Crippen molar-refractivity contribution in [2.45, 2.75) is 33.1 Å². The SMILES string of the molecule is CCN(CC)c1ccc(/C=N\NC(=O)c2n[nH]c3c2CCC3)cc1. The Balaban J connectivity index is 1.60. The molecule has 0 bridgehead atoms. The Morgan fingerprint density at radius 2 is 2.04 bits per heavy atom. The van der Waals surface area contributed by atoms with Gasteiger partial charge in [-0.2, -0.15) is 10.2 Å². The van der Waals surface area contributed by atoms with Crippen molar-refractivity contribution in [3.8, 4) is 0 Å². The standard InChI is InChI=1S/C18H23N5O/c1-3-23(4-2)14-10-8-13(9-11-14)12-19-22-18(24)17-15-6-5-7-16(15)20-21-17/h8-12H,3-7H2,1-2H3,(H,20,21)(H,22,24)/b19-12-. The predicted octanol–water partition coefficient (Wildman–Crippen LogP) is 2.51. The van der Waals surface area contributed by atoms with E-state index in [-0.39, 0.29) is 5.91 Å². The molecule has 1 heterocycles. The minimum atomic E-state index is -0.259. The molecule has 0 unspecified atom stereocenters. The largest absolute Gasteiger partial charge is 0.372 e. The van der Waals surface area contributed by atoms with E-state index in [0.717, 1.165) is 49.2 Å². The Bertz CT molecular complexity index is 728. The van der Waals surface area contributed by atoms with Crippen molar-refractivity contribution in [2.75, 3.05) is 18.0 Å². The summed E-state index contributed by atoms with van der Waals surface area (Å²) in [7, 11) is 0. The maximum absolute atomic E-state index is 12.2. The Kier molecular flexibility index (Phi) is 4.93. The Morgan fingerprint density at radius 3 is 2.75 bits per heavy atom. The van der Waals surface area contributed by atoms with E-state index in [0.29, 0.717) is 5.69 Å². The summed E-state index contributed by atoms with van der Waals surface area (Å²) in [6.07, 6.45) is 4.60. The molecule has 24 heavy (non-hydrogen) atoms. The third-order valence-corrected chi connectivity index (χ3v) is 4.42. The lowest BCUT2D eigenvalue weighted by Crippen LogP contribution is -2.21. The first kappa shape index (κ1) is 16.2. The summed E-state index contributed by atoms with van der Waals surface area (Å²) in [5, 5.41) is 11.1. The van der Waals surface area contributed by atoms with Crippen LogP contribution >= 0.6 is 0 Å². The van der Waals surface area contributed by atoms with Crippen LogP contribution in [0.3, 0.4) is 0 Å². The number of anilines is 1. The van der Waals surface area contributed by atoms with E-state index in [2.05, 4.69) is 51.6 Å². The Labute approximate surface area is 142 Å². The van der Waals surface area contributed by atoms with Crippen molar-refractivity contribution >= 4 is 17.8 Å². The highest BCUT2D eigenvalue weighted by molar-refractivity contribution is 5.94. The van der Waals surface area contributed by atoms with E-state index >= 15 is 0 Å². The number of fused-ring (bicyclic) bond motifs is 1. The van der Waals surface area contributed by atoms with Crippen LogP contribution in [0.15, 0.2) is 29.4 Å². The summed E-state index contributed by atoms with van der Waals surface area (Å²) >= 11 is 0. The van der Waals surface area contributed by atoms with Crippen molar-refractivity contribution in [1.29, 1.82) is 0 Å². The molecule has 0 aliphatic heterocycles. The monoisotopic (exact) mass is 325 g/mol. The lowest BCUT2D eigenvalue weighted by atomic mass is 10.2. The second-order valence-corrected chi connectivity index (χ2v) is 5.85. The number of aromatic nitrogens is 2. The molecule has 0 fully saturated rings. The zero-order chi connectivity index (χ0) is 16.9. The zero-order valence-corrected chi connectivity index (χ0v) is 14.2. The van der Waals surface area contributed by atoms with Gasteiger partial charge in [-0.25, -0.2) is 5.43 Å². The van der Waals surface area contributed by atoms with Crippen molar-refractivity contribution in [3.63, 3.8) is 0 Å². The summed E-state index contributed by atoms with van der Waals surface area (Å²) in [5.74, 6) is -0.259. The fraction of sp³-hybridized carbons (Fsp3) is 0.389. The molecule has 0 spiro atoms. The first-order chi connectivity index (χ1) is 11.7. The van der Waals surface area contributed by atoms with E-state index in [9.17, 15) is 4.79 Å². The minimum absolute atomic E-state index is 0.259. The zero-order valence-electron chi connectivity index (χ0n) is 14.2. The number of hydrogen-bond acceptors (Lipinski definition) is 4. The molecule has 1 aromatic carbocycles. The van der Waals surface area contributed by atoms with Crippen molar-refractivity contribution in [3.05, 3.63) is 46.8 Å². The van der Waals surface area contributed by atoms with Crippen molar-refractivity contribution in [1.82, 2.24) is 15.6 Å². The minimum Gasteiger partial charge on any atom is -0.372 e. The molecule has 0 radical (unpaired) electrons. The third-order valence-electron chi connectivity index (χ3n) is 4.42. The molecule has 1 aliphatic rings. The molecule has 3 rings (SSSR count). The number of carbonyl (C=O) groups is 1. The van der Waals surface area contributed by atoms with Crippen molar-refractivity contribution < 1.29 is 4.79 Å². The van der Waals surface area contributed by atoms with Gasteiger partial charge in [-0.3, -0.25) is 9.89 Å². The molecule has 6 heteroatoms. The van der Waals surface area contributed by atoms with Gasteiger partial charge in [0.25, 0.3) is 5.91 Å². The van der Waals surface area contributed by atoms with Gasteiger partial charge in [0.15, 0.2) is 5.69 Å². The summed E-state index contributed by atoms with van der Waals surface area (Å²) in [6.45, 7) is 6.24. The van der Waals surface area contributed by atoms with Gasteiger partial charge in [0.1, 0.15) is 0 Å². The van der Waals surface area contributed by atoms with Crippen LogP contribution in [0.5, 0.6) is 0 Å². The number of nitrogens with zero attached hydrogens (tertiary/aromatic N) is 3. The van der Waals surface area contributed by atoms with Crippen molar-refractivity contribution in [2.24, 2.45) is 5.10 Å². The maximum Gasteiger partial charge on any atom is 0.292 e. The molecule has 0 saturated carbocycles. The quantitative estimate of drug-likeness (QED) is 0.633. The summed E-state index contributed by atoms with van der Waals surface area (Å²) in [4.78, 5) is 14.4. The molecule has 1 amide bonds. The number of benzene rings is 1. The number of H-pyrrole nitrogens is 1. The highest BCUT2D eigenvalue weighted by atomic mass is 16.2. The highest BCUT2D eigenvalue weighted by Gasteiger charge is 2.22. The van der Waals surface area contributed by atoms with Gasteiger partial charge in [0.05, 0.1) is 6.21 Å². The first-order valence-corrected chi connectivity index (χ1v) is 8.47. The lowest BCUT2D eigenvalue weighted by molar-refractivity contribution is 0.0949. The van der Waals surface area contributed by atoms with Crippen LogP contribution in [0.4, 0.5) is 5.69 Å². The first-order valence-electron chi connectivity index (χ1n) is 8.47. The van der Waals surface area contributed by atoms with Crippen LogP contribution in [0.2, 0.25) is 0 Å². The number of amides is 1. The summed E-state index contributed by atoms with van der Waals surface area (Å²) in [6, 6.07) is 8.12. The second kappa shape index (κ2) is 7.29. The van der Waals surface area contributed by atoms with Crippen LogP contribution in [0.1, 0.15) is 47.6 Å². The number of nitrogens with one attached hydrogen (secondary N) is 2. The Hall–Kier alpha value is -2.63. The topological polar surface area (TPSA) is 73.4 Å². The molecular formula is C18H23N5O. The van der Waals surface area contributed by atoms with Crippen LogP contribution < -0.4 is 10.3 Å². The van der Waals surface area contributed by atoms with Gasteiger partial charge in [-0.1, -0.05) is 12.1 Å². The Morgan fingerprint density at radius 1 is 1.29 bits per heavy atom. The molecule has 126 valence electrons. The summed E-state index contributed by atoms with van der Waals surface area (Å²) < 4.78 is 0. The molecule has 0 saturated heterocycles. The molecular weight excluding hydrogens is 302 g/mol. The maximum atomic E-state index is 12.2. The molecule has 0 atom stereocenters. The fourth-order valence-electron chi connectivity index (χ4n) is 3.09. The van der Waals surface area contributed by atoms with Crippen LogP contribution in [0.25, 0.3) is 0 Å². The van der Waals surface area contributed by atoms with E-state index in [1.165, 1.54) is 5.69 Å². The normalized spacial score (nSPS) is 13.2. The molecule has 1 aromatic heterocycles.